The number of anilines is 4. The molecule has 4 heterocycles. The maximum Gasteiger partial charge on any atom is 0.323 e. The quantitative estimate of drug-likeness (QED) is 0.233. The summed E-state index contributed by atoms with van der Waals surface area (Å²) in [6.07, 6.45) is 3.55. The Balaban J connectivity index is 1.24. The van der Waals surface area contributed by atoms with Crippen molar-refractivity contribution in [2.45, 2.75) is 6.92 Å². The average Bonchev–Trinajstić information content (AvgIpc) is 3.05. The van der Waals surface area contributed by atoms with Gasteiger partial charge in [0.2, 0.25) is 11.8 Å². The molecule has 3 amide bonds. The Bertz CT molecular complexity index is 1790. The first-order chi connectivity index (χ1) is 21.4. The first kappa shape index (κ1) is 28.5. The summed E-state index contributed by atoms with van der Waals surface area (Å²) in [4.78, 5) is 44.9. The predicted octanol–water partition coefficient (Wildman–Crippen LogP) is 5.20. The molecule has 5 aromatic rings. The minimum atomic E-state index is -0.395. The molecule has 222 valence electrons. The molecule has 0 spiro atoms. The van der Waals surface area contributed by atoms with Crippen molar-refractivity contribution in [1.29, 1.82) is 0 Å². The van der Waals surface area contributed by atoms with Gasteiger partial charge in [-0.3, -0.25) is 9.78 Å². The highest BCUT2D eigenvalue weighted by Gasteiger charge is 2.20. The topological polar surface area (TPSA) is 143 Å². The van der Waals surface area contributed by atoms with E-state index in [1.54, 1.807) is 49.7 Å². The van der Waals surface area contributed by atoms with E-state index in [4.69, 9.17) is 24.4 Å². The van der Waals surface area contributed by atoms with Crippen LogP contribution in [0, 0.1) is 0 Å². The van der Waals surface area contributed by atoms with Gasteiger partial charge in [-0.2, -0.15) is 0 Å². The summed E-state index contributed by atoms with van der Waals surface area (Å²) in [5.41, 5.74) is 5.81. The Morgan fingerprint density at radius 3 is 2.00 bits per heavy atom. The molecule has 12 nitrogen and oxygen atoms in total. The molecule has 0 unspecified atom stereocenters. The highest BCUT2D eigenvalue weighted by atomic mass is 16.5. The molecular formula is C32H30N8O4. The van der Waals surface area contributed by atoms with E-state index in [1.807, 2.05) is 36.5 Å². The number of aromatic nitrogens is 4. The highest BCUT2D eigenvalue weighted by molar-refractivity contribution is 6.00. The molecule has 0 bridgehead atoms. The number of urea groups is 1. The zero-order chi connectivity index (χ0) is 30.5. The third kappa shape index (κ3) is 6.55. The molecule has 0 atom stereocenters. The van der Waals surface area contributed by atoms with Crippen LogP contribution < -0.4 is 25.6 Å². The Morgan fingerprint density at radius 2 is 1.39 bits per heavy atom. The summed E-state index contributed by atoms with van der Waals surface area (Å²) >= 11 is 0. The van der Waals surface area contributed by atoms with Crippen molar-refractivity contribution in [3.05, 3.63) is 79.1 Å². The Labute approximate surface area is 253 Å². The lowest BCUT2D eigenvalue weighted by molar-refractivity contribution is -0.114. The number of amides is 3. The number of carbonyl (C=O) groups excluding carboxylic acids is 2. The second kappa shape index (κ2) is 12.7. The van der Waals surface area contributed by atoms with Crippen LogP contribution in [-0.2, 0) is 9.53 Å². The molecule has 1 fully saturated rings. The molecule has 12 heteroatoms. The van der Waals surface area contributed by atoms with E-state index in [0.29, 0.717) is 66.1 Å². The van der Waals surface area contributed by atoms with Crippen molar-refractivity contribution >= 4 is 45.9 Å². The van der Waals surface area contributed by atoms with Crippen molar-refractivity contribution < 1.29 is 19.1 Å². The van der Waals surface area contributed by atoms with Crippen LogP contribution in [0.3, 0.4) is 0 Å². The normalized spacial score (nSPS) is 12.9. The minimum absolute atomic E-state index is 0.161. The van der Waals surface area contributed by atoms with Gasteiger partial charge >= 0.3 is 6.03 Å². The van der Waals surface area contributed by atoms with Crippen LogP contribution in [0.1, 0.15) is 6.92 Å². The number of hydrogen-bond donors (Lipinski definition) is 3. The molecule has 0 saturated carbocycles. The first-order valence-corrected chi connectivity index (χ1v) is 14.0. The number of nitrogens with zero attached hydrogens (tertiary/aromatic N) is 5. The number of carbonyl (C=O) groups is 2. The number of hydrogen-bond acceptors (Lipinski definition) is 9. The summed E-state index contributed by atoms with van der Waals surface area (Å²) < 4.78 is 10.8. The average molecular weight is 591 g/mol. The zero-order valence-corrected chi connectivity index (χ0v) is 24.2. The Hall–Kier alpha value is -5.62. The lowest BCUT2D eigenvalue weighted by Gasteiger charge is -2.28. The van der Waals surface area contributed by atoms with Crippen LogP contribution in [0.25, 0.3) is 33.5 Å². The summed E-state index contributed by atoms with van der Waals surface area (Å²) in [5.74, 6) is 1.67. The second-order valence-corrected chi connectivity index (χ2v) is 10.1. The number of nitrogens with one attached hydrogen (secondary N) is 3. The van der Waals surface area contributed by atoms with E-state index in [2.05, 4.69) is 25.8 Å². The summed E-state index contributed by atoms with van der Waals surface area (Å²) in [6, 6.07) is 19.5. The Kier molecular flexibility index (Phi) is 8.23. The number of morpholine rings is 1. The van der Waals surface area contributed by atoms with E-state index < -0.39 is 6.03 Å². The number of benzene rings is 2. The van der Waals surface area contributed by atoms with Crippen LogP contribution in [0.4, 0.5) is 27.7 Å². The van der Waals surface area contributed by atoms with Crippen LogP contribution in [-0.4, -0.2) is 65.3 Å². The van der Waals surface area contributed by atoms with E-state index >= 15 is 0 Å². The van der Waals surface area contributed by atoms with Crippen LogP contribution in [0.5, 0.6) is 5.88 Å². The fourth-order valence-electron chi connectivity index (χ4n) is 4.79. The fourth-order valence-corrected chi connectivity index (χ4v) is 4.79. The van der Waals surface area contributed by atoms with Gasteiger partial charge in [-0.15, -0.1) is 0 Å². The smallest absolute Gasteiger partial charge is 0.323 e. The lowest BCUT2D eigenvalue weighted by Crippen LogP contribution is -2.37. The van der Waals surface area contributed by atoms with Gasteiger partial charge < -0.3 is 30.3 Å². The molecular weight excluding hydrogens is 560 g/mol. The van der Waals surface area contributed by atoms with Gasteiger partial charge in [-0.05, 0) is 60.7 Å². The molecule has 0 aliphatic carbocycles. The Morgan fingerprint density at radius 1 is 0.773 bits per heavy atom. The number of fused-ring (bicyclic) bond motifs is 1. The van der Waals surface area contributed by atoms with Crippen molar-refractivity contribution in [3.63, 3.8) is 0 Å². The third-order valence-corrected chi connectivity index (χ3v) is 6.97. The van der Waals surface area contributed by atoms with Crippen molar-refractivity contribution in [2.24, 2.45) is 0 Å². The SMILES string of the molecule is COc1ccc(-c2cnc3c(N4CCOCC4)nc(-c4ccc(NC(=O)Nc5ccc(NC(C)=O)cc5)cc4)nc3c2)cn1. The zero-order valence-electron chi connectivity index (χ0n) is 24.2. The third-order valence-electron chi connectivity index (χ3n) is 6.97. The van der Waals surface area contributed by atoms with Crippen molar-refractivity contribution in [2.75, 3.05) is 54.3 Å². The van der Waals surface area contributed by atoms with E-state index in [-0.39, 0.29) is 5.91 Å². The van der Waals surface area contributed by atoms with Crippen LogP contribution in [0.2, 0.25) is 0 Å². The van der Waals surface area contributed by atoms with Gasteiger partial charge in [-0.1, -0.05) is 0 Å². The van der Waals surface area contributed by atoms with Gasteiger partial charge in [0.15, 0.2) is 11.6 Å². The largest absolute Gasteiger partial charge is 0.481 e. The van der Waals surface area contributed by atoms with Crippen LogP contribution in [0.15, 0.2) is 79.1 Å². The highest BCUT2D eigenvalue weighted by Crippen LogP contribution is 2.30. The molecule has 1 aliphatic heterocycles. The monoisotopic (exact) mass is 590 g/mol. The summed E-state index contributed by atoms with van der Waals surface area (Å²) in [7, 11) is 1.58. The number of methoxy groups -OCH3 is 1. The molecule has 44 heavy (non-hydrogen) atoms. The van der Waals surface area contributed by atoms with Crippen LogP contribution >= 0.6 is 0 Å². The van der Waals surface area contributed by atoms with Crippen molar-refractivity contribution in [3.8, 4) is 28.4 Å². The van der Waals surface area contributed by atoms with E-state index in [0.717, 1.165) is 22.5 Å². The lowest BCUT2D eigenvalue weighted by atomic mass is 10.1. The van der Waals surface area contributed by atoms with Gasteiger partial charge in [-0.25, -0.2) is 19.7 Å². The van der Waals surface area contributed by atoms with Gasteiger partial charge in [0.05, 0.1) is 25.8 Å². The number of ether oxygens (including phenoxy) is 2. The molecule has 0 radical (unpaired) electrons. The number of rotatable bonds is 7. The molecule has 3 N–H and O–H groups in total. The number of pyridine rings is 2. The fraction of sp³-hybridized carbons (Fsp3) is 0.188. The van der Waals surface area contributed by atoms with Gasteiger partial charge in [0.1, 0.15) is 5.52 Å². The van der Waals surface area contributed by atoms with Gasteiger partial charge in [0, 0.05) is 72.2 Å². The molecule has 1 aliphatic rings. The predicted molar refractivity (Wildman–Crippen MR) is 169 cm³/mol. The molecule has 3 aromatic heterocycles. The summed E-state index contributed by atoms with van der Waals surface area (Å²) in [5, 5.41) is 8.31. The molecule has 6 rings (SSSR count). The second-order valence-electron chi connectivity index (χ2n) is 10.1. The van der Waals surface area contributed by atoms with E-state index in [1.165, 1.54) is 6.92 Å². The maximum absolute atomic E-state index is 12.6. The molecule has 2 aromatic carbocycles. The van der Waals surface area contributed by atoms with E-state index in [9.17, 15) is 9.59 Å². The maximum atomic E-state index is 12.6. The minimum Gasteiger partial charge on any atom is -0.481 e. The summed E-state index contributed by atoms with van der Waals surface area (Å²) in [6.45, 7) is 4.06. The van der Waals surface area contributed by atoms with Crippen molar-refractivity contribution in [1.82, 2.24) is 19.9 Å². The molecule has 1 saturated heterocycles. The standard InChI is InChI=1S/C32H30N8O4/c1-20(41)35-24-8-10-26(11-9-24)37-32(42)36-25-6-3-21(4-7-25)30-38-27-17-23(22-5-12-28(43-2)33-18-22)19-34-29(27)31(39-30)40-13-15-44-16-14-40/h3-12,17-19H,13-16H2,1-2H3,(H,35,41)(H2,36,37,42). The first-order valence-electron chi connectivity index (χ1n) is 14.0. The van der Waals surface area contributed by atoms with Gasteiger partial charge in [0.25, 0.3) is 0 Å².